The van der Waals surface area contributed by atoms with Crippen LogP contribution in [0.1, 0.15) is 108 Å². The number of hydrogen-bond acceptors (Lipinski definition) is 2. The Kier molecular flexibility index (Phi) is 14.7. The highest BCUT2D eigenvalue weighted by Gasteiger charge is 2.47. The Labute approximate surface area is 533 Å². The SMILES string of the molecule is C=Cc1ccc(CC2(c3ccc(C(C)(C)C)cc3)c3ccccc3-c3ccc(N(c4ccccc4)c4ccc(-c5ccc(N(c6ccccc6)c6ccc7c(c6)C(Cc6ccc(C=C)cc6)(c6ccc(C(C)(C)C)cc6)c6ccccc6-7)cc5)cc4)cc32)cc1. The van der Waals surface area contributed by atoms with Gasteiger partial charge in [-0.25, -0.2) is 0 Å². The number of rotatable bonds is 15. The molecule has 0 spiro atoms. The van der Waals surface area contributed by atoms with Crippen LogP contribution in [0.3, 0.4) is 0 Å². The first-order valence-electron chi connectivity index (χ1n) is 31.8. The molecule has 0 aromatic heterocycles. The van der Waals surface area contributed by atoms with Crippen LogP contribution in [-0.4, -0.2) is 0 Å². The lowest BCUT2D eigenvalue weighted by atomic mass is 9.68. The monoisotopic (exact) mass is 1160 g/mol. The zero-order valence-corrected chi connectivity index (χ0v) is 52.6. The second-order valence-electron chi connectivity index (χ2n) is 26.7. The molecule has 2 nitrogen and oxygen atoms in total. The predicted octanol–water partition coefficient (Wildman–Crippen LogP) is 23.3. The molecule has 12 aromatic carbocycles. The van der Waals surface area contributed by atoms with Crippen LogP contribution in [0, 0.1) is 0 Å². The largest absolute Gasteiger partial charge is 0.310 e. The third-order valence-corrected chi connectivity index (χ3v) is 19.3. The van der Waals surface area contributed by atoms with Crippen LogP contribution in [-0.2, 0) is 34.5 Å². The zero-order valence-electron chi connectivity index (χ0n) is 52.6. The molecule has 90 heavy (non-hydrogen) atoms. The molecule has 2 aliphatic rings. The van der Waals surface area contributed by atoms with Crippen LogP contribution < -0.4 is 9.80 Å². The Morgan fingerprint density at radius 3 is 0.956 bits per heavy atom. The quantitative estimate of drug-likeness (QED) is 0.101. The Morgan fingerprint density at radius 2 is 0.611 bits per heavy atom. The van der Waals surface area contributed by atoms with Crippen molar-refractivity contribution in [2.45, 2.75) is 76.0 Å². The van der Waals surface area contributed by atoms with E-state index >= 15 is 0 Å². The summed E-state index contributed by atoms with van der Waals surface area (Å²) in [6, 6.07) is 109. The number of benzene rings is 12. The maximum Gasteiger partial charge on any atom is 0.0504 e. The van der Waals surface area contributed by atoms with Crippen LogP contribution in [0.2, 0.25) is 0 Å². The van der Waals surface area contributed by atoms with Crippen LogP contribution in [0.4, 0.5) is 34.1 Å². The Hall–Kier alpha value is -10.3. The number of nitrogens with zero attached hydrogens (tertiary/aromatic N) is 2. The van der Waals surface area contributed by atoms with E-state index in [1.54, 1.807) is 0 Å². The van der Waals surface area contributed by atoms with Gasteiger partial charge in [-0.3, -0.25) is 0 Å². The third-order valence-electron chi connectivity index (χ3n) is 19.3. The second kappa shape index (κ2) is 23.0. The summed E-state index contributed by atoms with van der Waals surface area (Å²) in [5.74, 6) is 0. The summed E-state index contributed by atoms with van der Waals surface area (Å²) in [6.07, 6.45) is 5.46. The maximum atomic E-state index is 4.07. The van der Waals surface area contributed by atoms with Crippen LogP contribution in [0.5, 0.6) is 0 Å². The summed E-state index contributed by atoms with van der Waals surface area (Å²) < 4.78 is 0. The van der Waals surface area contributed by atoms with E-state index in [2.05, 4.69) is 356 Å². The first kappa shape index (κ1) is 57.5. The average molecular weight is 1160 g/mol. The van der Waals surface area contributed by atoms with Crippen molar-refractivity contribution >= 4 is 46.3 Å². The van der Waals surface area contributed by atoms with Gasteiger partial charge in [-0.05, 0) is 197 Å². The molecule has 0 amide bonds. The van der Waals surface area contributed by atoms with Crippen molar-refractivity contribution in [1.29, 1.82) is 0 Å². The smallest absolute Gasteiger partial charge is 0.0504 e. The molecule has 0 radical (unpaired) electrons. The molecule has 2 unspecified atom stereocenters. The van der Waals surface area contributed by atoms with Gasteiger partial charge in [0.1, 0.15) is 0 Å². The molecule has 12 aromatic rings. The Morgan fingerprint density at radius 1 is 0.300 bits per heavy atom. The minimum Gasteiger partial charge on any atom is -0.310 e. The number of para-hydroxylation sites is 2. The Bertz CT molecular complexity index is 4280. The second-order valence-corrected chi connectivity index (χ2v) is 26.7. The molecule has 0 N–H and O–H groups in total. The highest BCUT2D eigenvalue weighted by Crippen LogP contribution is 2.58. The van der Waals surface area contributed by atoms with Crippen molar-refractivity contribution in [1.82, 2.24) is 0 Å². The summed E-state index contributed by atoms with van der Waals surface area (Å²) >= 11 is 0. The van der Waals surface area contributed by atoms with Crippen molar-refractivity contribution in [3.8, 4) is 33.4 Å². The zero-order chi connectivity index (χ0) is 61.8. The van der Waals surface area contributed by atoms with Gasteiger partial charge in [0.15, 0.2) is 0 Å². The summed E-state index contributed by atoms with van der Waals surface area (Å²) in [4.78, 5) is 4.84. The number of hydrogen-bond donors (Lipinski definition) is 0. The van der Waals surface area contributed by atoms with Crippen LogP contribution >= 0.6 is 0 Å². The highest BCUT2D eigenvalue weighted by atomic mass is 15.1. The lowest BCUT2D eigenvalue weighted by Gasteiger charge is -2.35. The molecule has 14 rings (SSSR count). The first-order valence-corrected chi connectivity index (χ1v) is 31.8. The van der Waals surface area contributed by atoms with Gasteiger partial charge in [-0.15, -0.1) is 0 Å². The lowest BCUT2D eigenvalue weighted by molar-refractivity contribution is 0.586. The van der Waals surface area contributed by atoms with E-state index in [0.29, 0.717) is 0 Å². The maximum absolute atomic E-state index is 4.07. The van der Waals surface area contributed by atoms with Crippen molar-refractivity contribution in [3.63, 3.8) is 0 Å². The van der Waals surface area contributed by atoms with Crippen molar-refractivity contribution in [2.24, 2.45) is 0 Å². The minimum atomic E-state index is -0.461. The van der Waals surface area contributed by atoms with Gasteiger partial charge in [0.2, 0.25) is 0 Å². The summed E-state index contributed by atoms with van der Waals surface area (Å²) in [5.41, 5.74) is 28.4. The van der Waals surface area contributed by atoms with E-state index in [1.165, 1.54) is 77.9 Å². The highest BCUT2D eigenvalue weighted by molar-refractivity contribution is 5.90. The molecule has 0 aliphatic heterocycles. The van der Waals surface area contributed by atoms with E-state index in [1.807, 2.05) is 12.2 Å². The van der Waals surface area contributed by atoms with E-state index in [-0.39, 0.29) is 10.8 Å². The van der Waals surface area contributed by atoms with Gasteiger partial charge in [0.25, 0.3) is 0 Å². The van der Waals surface area contributed by atoms with Gasteiger partial charge in [0, 0.05) is 34.1 Å². The first-order chi connectivity index (χ1) is 43.7. The van der Waals surface area contributed by atoms with Crippen molar-refractivity contribution < 1.29 is 0 Å². The molecule has 2 aliphatic carbocycles. The minimum absolute atomic E-state index is 0.0255. The van der Waals surface area contributed by atoms with E-state index < -0.39 is 10.8 Å². The van der Waals surface area contributed by atoms with E-state index in [9.17, 15) is 0 Å². The van der Waals surface area contributed by atoms with Gasteiger partial charge >= 0.3 is 0 Å². The molecule has 0 saturated carbocycles. The molecular weight excluding hydrogens is 1080 g/mol. The van der Waals surface area contributed by atoms with Gasteiger partial charge < -0.3 is 9.80 Å². The number of anilines is 6. The van der Waals surface area contributed by atoms with Crippen LogP contribution in [0.25, 0.3) is 45.5 Å². The van der Waals surface area contributed by atoms with Crippen LogP contribution in [0.15, 0.2) is 304 Å². The fourth-order valence-corrected chi connectivity index (χ4v) is 14.5. The average Bonchev–Trinajstić information content (AvgIpc) is 1.66. The standard InChI is InChI=1S/C88H76N2/c1-9-61-29-33-63(34-30-61)59-87(69-45-41-67(42-46-69)85(3,4)5)81-27-19-17-25-77(81)79-55-53-75(57-83(79)87)89(71-21-13-11-14-22-71)73-49-37-65(38-50-73)66-39-51-74(52-40-66)90(72-23-15-12-16-24-72)76-54-56-80-78-26-18-20-28-82(78)88(84(80)58-76,60-64-35-31-62(10-2)32-36-64)70-47-43-68(44-48-70)86(6,7)8/h9-58H,1-2,59-60H2,3-8H3. The van der Waals surface area contributed by atoms with Gasteiger partial charge in [-0.1, -0.05) is 285 Å². The summed E-state index contributed by atoms with van der Waals surface area (Å²) in [7, 11) is 0. The molecule has 0 bridgehead atoms. The van der Waals surface area contributed by atoms with Crippen molar-refractivity contribution in [3.05, 3.63) is 371 Å². The topological polar surface area (TPSA) is 6.48 Å². The predicted molar refractivity (Wildman–Crippen MR) is 383 cm³/mol. The summed E-state index contributed by atoms with van der Waals surface area (Å²) in [5, 5.41) is 0. The van der Waals surface area contributed by atoms with E-state index in [4.69, 9.17) is 0 Å². The molecule has 2 atom stereocenters. The molecular formula is C88H76N2. The molecule has 0 fully saturated rings. The van der Waals surface area contributed by atoms with Gasteiger partial charge in [0.05, 0.1) is 10.8 Å². The molecule has 438 valence electrons. The van der Waals surface area contributed by atoms with E-state index in [0.717, 1.165) is 69.2 Å². The fraction of sp³-hybridized carbons (Fsp3) is 0.136. The third kappa shape index (κ3) is 10.2. The van der Waals surface area contributed by atoms with Gasteiger partial charge in [-0.2, -0.15) is 0 Å². The Balaban J connectivity index is 0.839. The molecule has 0 saturated heterocycles. The lowest BCUT2D eigenvalue weighted by Crippen LogP contribution is -2.30. The molecule has 0 heterocycles. The summed E-state index contributed by atoms with van der Waals surface area (Å²) in [6.45, 7) is 21.9. The van der Waals surface area contributed by atoms with Crippen molar-refractivity contribution in [2.75, 3.05) is 9.80 Å². The molecule has 2 heteroatoms. The number of fused-ring (bicyclic) bond motifs is 6. The fourth-order valence-electron chi connectivity index (χ4n) is 14.5. The normalized spacial score (nSPS) is 15.5.